The molecule has 0 bridgehead atoms. The van der Waals surface area contributed by atoms with Crippen LogP contribution in [0, 0.1) is 17.0 Å². The number of nitro groups is 1. The number of amides is 2. The van der Waals surface area contributed by atoms with Gasteiger partial charge < -0.3 is 10.6 Å². The lowest BCUT2D eigenvalue weighted by molar-refractivity contribution is -0.385. The Labute approximate surface area is 240 Å². The zero-order chi connectivity index (χ0) is 28.2. The number of hydrogen-bond acceptors (Lipinski definition) is 9. The van der Waals surface area contributed by atoms with Crippen molar-refractivity contribution in [2.45, 2.75) is 18.6 Å². The predicted octanol–water partition coefficient (Wildman–Crippen LogP) is 5.41. The minimum atomic E-state index is -0.529. The van der Waals surface area contributed by atoms with Gasteiger partial charge in [0.1, 0.15) is 0 Å². The van der Waals surface area contributed by atoms with E-state index in [-0.39, 0.29) is 29.5 Å². The van der Waals surface area contributed by atoms with Gasteiger partial charge in [-0.25, -0.2) is 4.98 Å². The molecule has 0 atom stereocenters. The average molecular weight is 594 g/mol. The second kappa shape index (κ2) is 11.8. The van der Waals surface area contributed by atoms with Crippen molar-refractivity contribution in [3.63, 3.8) is 0 Å². The zero-order valence-electron chi connectivity index (χ0n) is 20.8. The number of anilines is 1. The van der Waals surface area contributed by atoms with E-state index >= 15 is 0 Å². The standard InChI is InChI=1S/C26H20ClN7O4S2/c1-15-9-10-16(11-20(15)34(37)38)24(36)28-13-22-31-32-26(33(22)18-6-4-5-17(27)12-18)39-14-23(35)30-25-29-19-7-2-3-8-21(19)40-25/h2-12H,13-14H2,1H3,(H,28,36)(H,29,30,35). The first-order chi connectivity index (χ1) is 19.3. The molecule has 0 saturated heterocycles. The molecule has 2 heterocycles. The first-order valence-corrected chi connectivity index (χ1v) is 14.0. The Bertz CT molecular complexity index is 1720. The van der Waals surface area contributed by atoms with Crippen LogP contribution in [0.25, 0.3) is 15.9 Å². The van der Waals surface area contributed by atoms with E-state index in [1.807, 2.05) is 24.3 Å². The Hall–Kier alpha value is -4.33. The number of thioether (sulfide) groups is 1. The third-order valence-corrected chi connectivity index (χ3v) is 7.83. The fraction of sp³-hybridized carbons (Fsp3) is 0.115. The third kappa shape index (κ3) is 6.11. The van der Waals surface area contributed by atoms with Gasteiger partial charge >= 0.3 is 0 Å². The first kappa shape index (κ1) is 27.2. The van der Waals surface area contributed by atoms with E-state index in [1.165, 1.54) is 29.5 Å². The van der Waals surface area contributed by atoms with Crippen LogP contribution < -0.4 is 10.6 Å². The van der Waals surface area contributed by atoms with Gasteiger partial charge in [-0.15, -0.1) is 10.2 Å². The number of para-hydroxylation sites is 1. The van der Waals surface area contributed by atoms with Crippen LogP contribution in [0.5, 0.6) is 0 Å². The summed E-state index contributed by atoms with van der Waals surface area (Å²) in [7, 11) is 0. The molecular formula is C26H20ClN7O4S2. The zero-order valence-corrected chi connectivity index (χ0v) is 23.2. The third-order valence-electron chi connectivity index (χ3n) is 5.71. The number of thiazole rings is 1. The summed E-state index contributed by atoms with van der Waals surface area (Å²) in [5.74, 6) is -0.353. The summed E-state index contributed by atoms with van der Waals surface area (Å²) in [6.07, 6.45) is 0. The maximum Gasteiger partial charge on any atom is 0.273 e. The molecule has 0 aliphatic rings. The number of nitro benzene ring substituents is 1. The largest absolute Gasteiger partial charge is 0.345 e. The van der Waals surface area contributed by atoms with Crippen molar-refractivity contribution < 1.29 is 14.5 Å². The number of benzene rings is 3. The number of rotatable bonds is 9. The molecule has 0 aliphatic carbocycles. The van der Waals surface area contributed by atoms with E-state index in [1.54, 1.807) is 35.8 Å². The Kier molecular flexibility index (Phi) is 8.05. The van der Waals surface area contributed by atoms with Crippen LogP contribution in [0.2, 0.25) is 5.02 Å². The Morgan fingerprint density at radius 1 is 1.10 bits per heavy atom. The molecule has 5 aromatic rings. The molecule has 0 unspecified atom stereocenters. The van der Waals surface area contributed by atoms with Crippen molar-refractivity contribution in [3.05, 3.63) is 98.8 Å². The van der Waals surface area contributed by atoms with Gasteiger partial charge in [0.15, 0.2) is 16.1 Å². The number of carbonyl (C=O) groups is 2. The number of halogens is 1. The maximum absolute atomic E-state index is 12.8. The molecule has 0 aliphatic heterocycles. The summed E-state index contributed by atoms with van der Waals surface area (Å²) < 4.78 is 2.66. The van der Waals surface area contributed by atoms with Crippen molar-refractivity contribution in [1.82, 2.24) is 25.1 Å². The molecule has 0 saturated carbocycles. The lowest BCUT2D eigenvalue weighted by atomic mass is 10.1. The number of carbonyl (C=O) groups excluding carboxylic acids is 2. The van der Waals surface area contributed by atoms with Crippen LogP contribution in [0.15, 0.2) is 71.9 Å². The van der Waals surface area contributed by atoms with Gasteiger partial charge in [-0.1, -0.05) is 59.0 Å². The smallest absolute Gasteiger partial charge is 0.273 e. The van der Waals surface area contributed by atoms with Crippen molar-refractivity contribution in [1.29, 1.82) is 0 Å². The fourth-order valence-corrected chi connectivity index (χ4v) is 5.64. The number of hydrogen-bond donors (Lipinski definition) is 2. The molecule has 202 valence electrons. The summed E-state index contributed by atoms with van der Waals surface area (Å²) in [6.45, 7) is 1.57. The normalized spacial score (nSPS) is 10.9. The van der Waals surface area contributed by atoms with Crippen LogP contribution in [-0.2, 0) is 11.3 Å². The van der Waals surface area contributed by atoms with Crippen LogP contribution in [-0.4, -0.2) is 42.2 Å². The second-order valence-corrected chi connectivity index (χ2v) is 10.9. The average Bonchev–Trinajstić information content (AvgIpc) is 3.53. The maximum atomic E-state index is 12.8. The molecule has 5 rings (SSSR count). The van der Waals surface area contributed by atoms with Gasteiger partial charge in [0.25, 0.3) is 11.6 Å². The molecule has 11 nitrogen and oxygen atoms in total. The van der Waals surface area contributed by atoms with Crippen molar-refractivity contribution in [2.24, 2.45) is 0 Å². The molecule has 2 N–H and O–H groups in total. The molecule has 2 amide bonds. The van der Waals surface area contributed by atoms with Gasteiger partial charge in [-0.05, 0) is 43.3 Å². The van der Waals surface area contributed by atoms with Gasteiger partial charge in [0.2, 0.25) is 5.91 Å². The van der Waals surface area contributed by atoms with Crippen LogP contribution >= 0.6 is 34.7 Å². The Morgan fingerprint density at radius 2 is 1.93 bits per heavy atom. The summed E-state index contributed by atoms with van der Waals surface area (Å²) >= 11 is 8.77. The molecule has 3 aromatic carbocycles. The van der Waals surface area contributed by atoms with Gasteiger partial charge in [-0.3, -0.25) is 24.3 Å². The molecule has 40 heavy (non-hydrogen) atoms. The van der Waals surface area contributed by atoms with E-state index in [2.05, 4.69) is 25.8 Å². The van der Waals surface area contributed by atoms with Crippen LogP contribution in [0.4, 0.5) is 10.8 Å². The molecule has 0 spiro atoms. The highest BCUT2D eigenvalue weighted by atomic mass is 35.5. The lowest BCUT2D eigenvalue weighted by Gasteiger charge is -2.11. The lowest BCUT2D eigenvalue weighted by Crippen LogP contribution is -2.25. The molecule has 0 fully saturated rings. The number of nitrogens with zero attached hydrogens (tertiary/aromatic N) is 5. The van der Waals surface area contributed by atoms with Gasteiger partial charge in [-0.2, -0.15) is 0 Å². The fourth-order valence-electron chi connectivity index (χ4n) is 3.80. The number of aromatic nitrogens is 4. The molecule has 2 aromatic heterocycles. The summed E-state index contributed by atoms with van der Waals surface area (Å²) in [5, 5.41) is 26.7. The summed E-state index contributed by atoms with van der Waals surface area (Å²) in [5.41, 5.74) is 1.91. The van der Waals surface area contributed by atoms with E-state index in [9.17, 15) is 19.7 Å². The van der Waals surface area contributed by atoms with Gasteiger partial charge in [0, 0.05) is 22.2 Å². The quantitative estimate of drug-likeness (QED) is 0.131. The van der Waals surface area contributed by atoms with Crippen LogP contribution in [0.3, 0.4) is 0 Å². The molecule has 0 radical (unpaired) electrons. The highest BCUT2D eigenvalue weighted by Crippen LogP contribution is 2.27. The van der Waals surface area contributed by atoms with E-state index < -0.39 is 10.8 Å². The van der Waals surface area contributed by atoms with Crippen molar-refractivity contribution >= 4 is 67.5 Å². The van der Waals surface area contributed by atoms with E-state index in [4.69, 9.17) is 11.6 Å². The highest BCUT2D eigenvalue weighted by molar-refractivity contribution is 7.99. The monoisotopic (exact) mass is 593 g/mol. The minimum Gasteiger partial charge on any atom is -0.345 e. The number of nitrogens with one attached hydrogen (secondary N) is 2. The second-order valence-electron chi connectivity index (χ2n) is 8.48. The van der Waals surface area contributed by atoms with Gasteiger partial charge in [0.05, 0.1) is 33.1 Å². The topological polar surface area (TPSA) is 145 Å². The molecule has 14 heteroatoms. The Morgan fingerprint density at radius 3 is 2.70 bits per heavy atom. The highest BCUT2D eigenvalue weighted by Gasteiger charge is 2.19. The SMILES string of the molecule is Cc1ccc(C(=O)NCc2nnc(SCC(=O)Nc3nc4ccccc4s3)n2-c2cccc(Cl)c2)cc1[N+](=O)[O-]. The Balaban J connectivity index is 1.32. The predicted molar refractivity (Wildman–Crippen MR) is 154 cm³/mol. The summed E-state index contributed by atoms with van der Waals surface area (Å²) in [6, 6.07) is 18.9. The summed E-state index contributed by atoms with van der Waals surface area (Å²) in [4.78, 5) is 40.6. The van der Waals surface area contributed by atoms with E-state index in [0.29, 0.717) is 32.4 Å². The van der Waals surface area contributed by atoms with Crippen LogP contribution in [0.1, 0.15) is 21.7 Å². The van der Waals surface area contributed by atoms with Crippen molar-refractivity contribution in [3.8, 4) is 5.69 Å². The number of aryl methyl sites for hydroxylation is 1. The first-order valence-electron chi connectivity index (χ1n) is 11.8. The van der Waals surface area contributed by atoms with Crippen molar-refractivity contribution in [2.75, 3.05) is 11.1 Å². The molecular weight excluding hydrogens is 574 g/mol. The number of fused-ring (bicyclic) bond motifs is 1. The van der Waals surface area contributed by atoms with E-state index in [0.717, 1.165) is 22.0 Å². The minimum absolute atomic E-state index is 0.0293.